The van der Waals surface area contributed by atoms with Crippen molar-refractivity contribution in [3.05, 3.63) is 23.9 Å². The van der Waals surface area contributed by atoms with Gasteiger partial charge < -0.3 is 10.2 Å². The maximum atomic E-state index is 4.56. The molecule has 0 spiro atoms. The van der Waals surface area contributed by atoms with Crippen molar-refractivity contribution in [3.8, 4) is 0 Å². The van der Waals surface area contributed by atoms with Crippen LogP contribution in [0.25, 0.3) is 0 Å². The van der Waals surface area contributed by atoms with Crippen LogP contribution in [0.4, 0.5) is 5.82 Å². The first kappa shape index (κ1) is 16.3. The summed E-state index contributed by atoms with van der Waals surface area (Å²) in [4.78, 5) is 6.86. The SMILES string of the molecule is CSCCC(C)N(C)c1ncccc1CNC(C)C. The average Bonchev–Trinajstić information content (AvgIpc) is 2.42. The molecule has 0 amide bonds. The highest BCUT2D eigenvalue weighted by atomic mass is 32.2. The molecule has 1 N–H and O–H groups in total. The largest absolute Gasteiger partial charge is 0.357 e. The second-order valence-electron chi connectivity index (χ2n) is 5.26. The molecule has 0 aliphatic rings. The van der Waals surface area contributed by atoms with Crippen LogP contribution in [0.5, 0.6) is 0 Å². The highest BCUT2D eigenvalue weighted by Gasteiger charge is 2.14. The number of rotatable bonds is 8. The molecule has 0 aromatic carbocycles. The van der Waals surface area contributed by atoms with Gasteiger partial charge >= 0.3 is 0 Å². The van der Waals surface area contributed by atoms with E-state index in [1.807, 2.05) is 24.0 Å². The summed E-state index contributed by atoms with van der Waals surface area (Å²) in [5.41, 5.74) is 1.27. The number of thioether (sulfide) groups is 1. The van der Waals surface area contributed by atoms with Gasteiger partial charge in [-0.2, -0.15) is 11.8 Å². The van der Waals surface area contributed by atoms with Crippen molar-refractivity contribution in [2.75, 3.05) is 24.0 Å². The monoisotopic (exact) mass is 281 g/mol. The lowest BCUT2D eigenvalue weighted by Crippen LogP contribution is -2.32. The molecule has 1 unspecified atom stereocenters. The summed E-state index contributed by atoms with van der Waals surface area (Å²) in [7, 11) is 2.15. The summed E-state index contributed by atoms with van der Waals surface area (Å²) in [6.45, 7) is 7.48. The Kier molecular flexibility index (Phi) is 7.24. The number of hydrogen-bond donors (Lipinski definition) is 1. The molecule has 0 aliphatic carbocycles. The fourth-order valence-corrected chi connectivity index (χ4v) is 2.47. The quantitative estimate of drug-likeness (QED) is 0.792. The van der Waals surface area contributed by atoms with Gasteiger partial charge in [-0.25, -0.2) is 4.98 Å². The van der Waals surface area contributed by atoms with E-state index >= 15 is 0 Å². The normalized spacial score (nSPS) is 12.7. The minimum absolute atomic E-state index is 0.493. The van der Waals surface area contributed by atoms with E-state index in [0.29, 0.717) is 12.1 Å². The van der Waals surface area contributed by atoms with Gasteiger partial charge in [0.2, 0.25) is 0 Å². The molecule has 3 nitrogen and oxygen atoms in total. The zero-order chi connectivity index (χ0) is 14.3. The van der Waals surface area contributed by atoms with Crippen LogP contribution < -0.4 is 10.2 Å². The van der Waals surface area contributed by atoms with Crippen LogP contribution in [0.3, 0.4) is 0 Å². The summed E-state index contributed by atoms with van der Waals surface area (Å²) < 4.78 is 0. The summed E-state index contributed by atoms with van der Waals surface area (Å²) in [5, 5.41) is 3.47. The summed E-state index contributed by atoms with van der Waals surface area (Å²) in [6.07, 6.45) is 5.22. The van der Waals surface area contributed by atoms with Crippen molar-refractivity contribution in [3.63, 3.8) is 0 Å². The molecule has 1 atom stereocenters. The predicted octanol–water partition coefficient (Wildman–Crippen LogP) is 3.16. The van der Waals surface area contributed by atoms with Crippen molar-refractivity contribution < 1.29 is 0 Å². The molecule has 0 fully saturated rings. The van der Waals surface area contributed by atoms with E-state index < -0.39 is 0 Å². The van der Waals surface area contributed by atoms with Crippen molar-refractivity contribution in [1.82, 2.24) is 10.3 Å². The van der Waals surface area contributed by atoms with E-state index in [9.17, 15) is 0 Å². The van der Waals surface area contributed by atoms with E-state index in [4.69, 9.17) is 0 Å². The Balaban J connectivity index is 2.74. The first-order chi connectivity index (χ1) is 9.06. The molecule has 0 saturated heterocycles. The van der Waals surface area contributed by atoms with Gasteiger partial charge in [-0.05, 0) is 31.4 Å². The minimum atomic E-state index is 0.493. The Bertz CT molecular complexity index is 368. The highest BCUT2D eigenvalue weighted by molar-refractivity contribution is 7.98. The standard InChI is InChI=1S/C15H27N3S/c1-12(2)17-11-14-7-6-9-16-15(14)18(4)13(3)8-10-19-5/h6-7,9,12-13,17H,8,10-11H2,1-5H3. The molecule has 1 aromatic heterocycles. The van der Waals surface area contributed by atoms with Crippen LogP contribution >= 0.6 is 11.8 Å². The molecule has 0 aliphatic heterocycles. The number of anilines is 1. The Morgan fingerprint density at radius 1 is 1.37 bits per heavy atom. The second kappa shape index (κ2) is 8.43. The Hall–Kier alpha value is -0.740. The number of hydrogen-bond acceptors (Lipinski definition) is 4. The molecule has 1 rings (SSSR count). The van der Waals surface area contributed by atoms with Crippen molar-refractivity contribution >= 4 is 17.6 Å². The van der Waals surface area contributed by atoms with Gasteiger partial charge in [-0.3, -0.25) is 0 Å². The summed E-state index contributed by atoms with van der Waals surface area (Å²) in [5.74, 6) is 2.29. The van der Waals surface area contributed by atoms with Gasteiger partial charge in [-0.15, -0.1) is 0 Å². The first-order valence-electron chi connectivity index (χ1n) is 6.95. The third-order valence-electron chi connectivity index (χ3n) is 3.30. The van der Waals surface area contributed by atoms with Crippen LogP contribution in [-0.4, -0.2) is 36.1 Å². The highest BCUT2D eigenvalue weighted by Crippen LogP contribution is 2.19. The van der Waals surface area contributed by atoms with Crippen LogP contribution in [0, 0.1) is 0 Å². The van der Waals surface area contributed by atoms with E-state index in [0.717, 1.165) is 12.4 Å². The number of pyridine rings is 1. The van der Waals surface area contributed by atoms with Gasteiger partial charge in [0.05, 0.1) is 0 Å². The number of nitrogens with zero attached hydrogens (tertiary/aromatic N) is 2. The zero-order valence-corrected chi connectivity index (χ0v) is 13.6. The van der Waals surface area contributed by atoms with E-state index in [-0.39, 0.29) is 0 Å². The van der Waals surface area contributed by atoms with Crippen molar-refractivity contribution in [2.45, 2.75) is 45.8 Å². The lowest BCUT2D eigenvalue weighted by Gasteiger charge is -2.28. The lowest BCUT2D eigenvalue weighted by atomic mass is 10.2. The molecule has 0 saturated carbocycles. The lowest BCUT2D eigenvalue weighted by molar-refractivity contribution is 0.583. The van der Waals surface area contributed by atoms with Gasteiger partial charge in [0.25, 0.3) is 0 Å². The average molecular weight is 281 g/mol. The second-order valence-corrected chi connectivity index (χ2v) is 6.25. The van der Waals surface area contributed by atoms with Crippen LogP contribution in [0.2, 0.25) is 0 Å². The van der Waals surface area contributed by atoms with E-state index in [1.54, 1.807) is 0 Å². The number of aromatic nitrogens is 1. The van der Waals surface area contributed by atoms with E-state index in [1.165, 1.54) is 17.7 Å². The molecule has 1 aromatic rings. The van der Waals surface area contributed by atoms with Gasteiger partial charge in [0.15, 0.2) is 0 Å². The fourth-order valence-electron chi connectivity index (χ4n) is 1.89. The van der Waals surface area contributed by atoms with Gasteiger partial charge in [0.1, 0.15) is 5.82 Å². The van der Waals surface area contributed by atoms with E-state index in [2.05, 4.69) is 55.3 Å². The van der Waals surface area contributed by atoms with Crippen LogP contribution in [0.1, 0.15) is 32.8 Å². The third kappa shape index (κ3) is 5.41. The van der Waals surface area contributed by atoms with Gasteiger partial charge in [-0.1, -0.05) is 19.9 Å². The maximum absolute atomic E-state index is 4.56. The molecule has 4 heteroatoms. The summed E-state index contributed by atoms with van der Waals surface area (Å²) in [6, 6.07) is 5.18. The molecular weight excluding hydrogens is 254 g/mol. The predicted molar refractivity (Wildman–Crippen MR) is 87.1 cm³/mol. The molecule has 19 heavy (non-hydrogen) atoms. The Labute approximate surface area is 122 Å². The van der Waals surface area contributed by atoms with Gasteiger partial charge in [0, 0.05) is 37.4 Å². The Morgan fingerprint density at radius 3 is 2.74 bits per heavy atom. The first-order valence-corrected chi connectivity index (χ1v) is 8.34. The van der Waals surface area contributed by atoms with Crippen molar-refractivity contribution in [1.29, 1.82) is 0 Å². The Morgan fingerprint density at radius 2 is 2.11 bits per heavy atom. The molecule has 1 heterocycles. The van der Waals surface area contributed by atoms with Crippen LogP contribution in [-0.2, 0) is 6.54 Å². The minimum Gasteiger partial charge on any atom is -0.357 e. The maximum Gasteiger partial charge on any atom is 0.132 e. The molecule has 0 bridgehead atoms. The molecular formula is C15H27N3S. The zero-order valence-electron chi connectivity index (χ0n) is 12.8. The third-order valence-corrected chi connectivity index (χ3v) is 3.95. The van der Waals surface area contributed by atoms with Crippen LogP contribution in [0.15, 0.2) is 18.3 Å². The summed E-state index contributed by atoms with van der Waals surface area (Å²) >= 11 is 1.90. The fraction of sp³-hybridized carbons (Fsp3) is 0.667. The smallest absolute Gasteiger partial charge is 0.132 e. The topological polar surface area (TPSA) is 28.2 Å². The molecule has 108 valence electrons. The molecule has 0 radical (unpaired) electrons. The van der Waals surface area contributed by atoms with Crippen molar-refractivity contribution in [2.24, 2.45) is 0 Å². The number of nitrogens with one attached hydrogen (secondary N) is 1.